The first-order valence-corrected chi connectivity index (χ1v) is 9.40. The quantitative estimate of drug-likeness (QED) is 0.478. The van der Waals surface area contributed by atoms with Gasteiger partial charge in [0.25, 0.3) is 17.7 Å². The molecular formula is C21H14ClN3O6. The van der Waals surface area contributed by atoms with Crippen molar-refractivity contribution in [2.75, 3.05) is 16.8 Å². The zero-order chi connectivity index (χ0) is 22.1. The van der Waals surface area contributed by atoms with Gasteiger partial charge in [-0.1, -0.05) is 16.8 Å². The summed E-state index contributed by atoms with van der Waals surface area (Å²) in [7, 11) is 0. The van der Waals surface area contributed by atoms with E-state index in [0.717, 1.165) is 4.90 Å². The zero-order valence-electron chi connectivity index (χ0n) is 16.0. The summed E-state index contributed by atoms with van der Waals surface area (Å²) < 4.78 is 9.81. The van der Waals surface area contributed by atoms with E-state index in [9.17, 15) is 19.2 Å². The molecule has 1 aliphatic heterocycles. The molecule has 0 spiro atoms. The van der Waals surface area contributed by atoms with Crippen LogP contribution in [0.4, 0.5) is 11.5 Å². The molecule has 0 fully saturated rings. The Labute approximate surface area is 180 Å². The fourth-order valence-electron chi connectivity index (χ4n) is 3.01. The summed E-state index contributed by atoms with van der Waals surface area (Å²) >= 11 is 5.86. The van der Waals surface area contributed by atoms with Gasteiger partial charge in [0.2, 0.25) is 0 Å². The first-order valence-electron chi connectivity index (χ1n) is 9.02. The highest BCUT2D eigenvalue weighted by Gasteiger charge is 2.37. The van der Waals surface area contributed by atoms with Crippen LogP contribution in [0.5, 0.6) is 0 Å². The largest absolute Gasteiger partial charge is 0.452 e. The second-order valence-electron chi connectivity index (χ2n) is 6.63. The molecule has 1 aromatic heterocycles. The molecule has 2 aromatic carbocycles. The average Bonchev–Trinajstić information content (AvgIpc) is 3.27. The van der Waals surface area contributed by atoms with Crippen molar-refractivity contribution in [3.05, 3.63) is 76.0 Å². The van der Waals surface area contributed by atoms with Crippen molar-refractivity contribution in [3.63, 3.8) is 0 Å². The van der Waals surface area contributed by atoms with Gasteiger partial charge in [-0.05, 0) is 49.4 Å². The minimum atomic E-state index is -0.820. The Bertz CT molecular complexity index is 1220. The molecule has 0 saturated heterocycles. The molecule has 3 amide bonds. The molecule has 0 atom stereocenters. The topological polar surface area (TPSA) is 119 Å². The van der Waals surface area contributed by atoms with E-state index in [2.05, 4.69) is 10.5 Å². The van der Waals surface area contributed by atoms with Crippen LogP contribution in [0, 0.1) is 6.92 Å². The number of hydrogen-bond acceptors (Lipinski definition) is 7. The highest BCUT2D eigenvalue weighted by atomic mass is 35.5. The number of halogens is 1. The van der Waals surface area contributed by atoms with Gasteiger partial charge in [-0.2, -0.15) is 0 Å². The first kappa shape index (κ1) is 20.3. The molecule has 0 unspecified atom stereocenters. The molecule has 0 saturated carbocycles. The fourth-order valence-corrected chi connectivity index (χ4v) is 3.14. The Morgan fingerprint density at radius 2 is 1.77 bits per heavy atom. The predicted octanol–water partition coefficient (Wildman–Crippen LogP) is 3.23. The van der Waals surface area contributed by atoms with Crippen LogP contribution in [0.25, 0.3) is 0 Å². The van der Waals surface area contributed by atoms with Gasteiger partial charge in [-0.15, -0.1) is 0 Å². The van der Waals surface area contributed by atoms with E-state index in [4.69, 9.17) is 20.9 Å². The van der Waals surface area contributed by atoms with Crippen molar-refractivity contribution >= 4 is 46.8 Å². The summed E-state index contributed by atoms with van der Waals surface area (Å²) in [5.74, 6) is -1.80. The van der Waals surface area contributed by atoms with Crippen LogP contribution in [-0.2, 0) is 9.53 Å². The summed E-state index contributed by atoms with van der Waals surface area (Å²) in [4.78, 5) is 50.6. The minimum absolute atomic E-state index is 0.0305. The van der Waals surface area contributed by atoms with Crippen molar-refractivity contribution < 1.29 is 28.4 Å². The number of rotatable bonds is 5. The Kier molecular flexibility index (Phi) is 5.26. The van der Waals surface area contributed by atoms with E-state index in [1.54, 1.807) is 31.2 Å². The van der Waals surface area contributed by atoms with Crippen LogP contribution in [-0.4, -0.2) is 35.5 Å². The number of hydrogen-bond donors (Lipinski definition) is 1. The molecule has 2 heterocycles. The van der Waals surface area contributed by atoms with E-state index in [1.165, 1.54) is 24.3 Å². The van der Waals surface area contributed by atoms with Gasteiger partial charge in [-0.25, -0.2) is 9.69 Å². The Morgan fingerprint density at radius 1 is 1.06 bits per heavy atom. The number of nitrogens with zero attached hydrogens (tertiary/aromatic N) is 2. The molecule has 1 aliphatic rings. The highest BCUT2D eigenvalue weighted by molar-refractivity contribution is 6.35. The Morgan fingerprint density at radius 3 is 2.45 bits per heavy atom. The predicted molar refractivity (Wildman–Crippen MR) is 109 cm³/mol. The molecule has 31 heavy (non-hydrogen) atoms. The van der Waals surface area contributed by atoms with Gasteiger partial charge in [0.15, 0.2) is 12.4 Å². The molecule has 0 bridgehead atoms. The van der Waals surface area contributed by atoms with Gasteiger partial charge >= 0.3 is 5.97 Å². The van der Waals surface area contributed by atoms with Crippen LogP contribution < -0.4 is 10.2 Å². The highest BCUT2D eigenvalue weighted by Crippen LogP contribution is 2.30. The maximum absolute atomic E-state index is 12.8. The molecule has 10 heteroatoms. The van der Waals surface area contributed by atoms with Crippen molar-refractivity contribution in [1.29, 1.82) is 0 Å². The lowest BCUT2D eigenvalue weighted by molar-refractivity contribution is -0.119. The van der Waals surface area contributed by atoms with E-state index in [1.807, 2.05) is 0 Å². The molecular weight excluding hydrogens is 426 g/mol. The number of aryl methyl sites for hydroxylation is 1. The van der Waals surface area contributed by atoms with E-state index in [-0.39, 0.29) is 22.5 Å². The number of carbonyl (C=O) groups excluding carboxylic acids is 4. The smallest absolute Gasteiger partial charge is 0.338 e. The number of ether oxygens (including phenoxy) is 1. The Hall–Kier alpha value is -3.98. The normalized spacial score (nSPS) is 12.6. The van der Waals surface area contributed by atoms with Crippen LogP contribution in [0.2, 0.25) is 5.02 Å². The monoisotopic (exact) mass is 439 g/mol. The number of fused-ring (bicyclic) bond motifs is 1. The summed E-state index contributed by atoms with van der Waals surface area (Å²) in [5.41, 5.74) is 0.620. The lowest BCUT2D eigenvalue weighted by Crippen LogP contribution is -2.29. The number of anilines is 2. The van der Waals surface area contributed by atoms with Gasteiger partial charge in [-0.3, -0.25) is 14.4 Å². The van der Waals surface area contributed by atoms with Crippen molar-refractivity contribution in [1.82, 2.24) is 5.16 Å². The average molecular weight is 440 g/mol. The number of amides is 3. The maximum Gasteiger partial charge on any atom is 0.338 e. The lowest BCUT2D eigenvalue weighted by atomic mass is 10.1. The summed E-state index contributed by atoms with van der Waals surface area (Å²) in [6, 6.07) is 11.7. The third-order valence-corrected chi connectivity index (χ3v) is 4.69. The second kappa shape index (κ2) is 8.04. The number of aromatic nitrogens is 1. The van der Waals surface area contributed by atoms with E-state index >= 15 is 0 Å². The lowest BCUT2D eigenvalue weighted by Gasteiger charge is -2.13. The van der Waals surface area contributed by atoms with Crippen LogP contribution >= 0.6 is 11.6 Å². The third kappa shape index (κ3) is 4.03. The summed E-state index contributed by atoms with van der Waals surface area (Å²) in [6.07, 6.45) is 0. The van der Waals surface area contributed by atoms with Crippen LogP contribution in [0.15, 0.2) is 53.1 Å². The number of imide groups is 1. The molecule has 0 aliphatic carbocycles. The van der Waals surface area contributed by atoms with Crippen molar-refractivity contribution in [2.45, 2.75) is 6.92 Å². The van der Waals surface area contributed by atoms with Gasteiger partial charge in [0, 0.05) is 11.1 Å². The van der Waals surface area contributed by atoms with Crippen molar-refractivity contribution in [3.8, 4) is 0 Å². The van der Waals surface area contributed by atoms with Gasteiger partial charge in [0.05, 0.1) is 22.4 Å². The SMILES string of the molecule is Cc1cc(NC(=O)COC(=O)c2ccc3c(c2)C(=O)N(c2ccc(Cl)cc2)C3=O)no1. The van der Waals surface area contributed by atoms with Gasteiger partial charge < -0.3 is 14.6 Å². The number of benzene rings is 2. The minimum Gasteiger partial charge on any atom is -0.452 e. The second-order valence-corrected chi connectivity index (χ2v) is 7.07. The Balaban J connectivity index is 1.46. The first-order chi connectivity index (χ1) is 14.8. The number of esters is 1. The van der Waals surface area contributed by atoms with E-state index < -0.39 is 30.3 Å². The molecule has 156 valence electrons. The standard InChI is InChI=1S/C21H14ClN3O6/c1-11-8-17(24-31-11)23-18(26)10-30-21(29)12-2-7-15-16(9-12)20(28)25(19(15)27)14-5-3-13(22)4-6-14/h2-9H,10H2,1H3,(H,23,24,26). The summed E-state index contributed by atoms with van der Waals surface area (Å²) in [6.45, 7) is 1.10. The molecule has 9 nitrogen and oxygen atoms in total. The molecule has 4 rings (SSSR count). The maximum atomic E-state index is 12.8. The third-order valence-electron chi connectivity index (χ3n) is 4.44. The van der Waals surface area contributed by atoms with Gasteiger partial charge in [0.1, 0.15) is 5.76 Å². The van der Waals surface area contributed by atoms with E-state index in [0.29, 0.717) is 16.5 Å². The van der Waals surface area contributed by atoms with Crippen molar-refractivity contribution in [2.24, 2.45) is 0 Å². The molecule has 0 radical (unpaired) electrons. The van der Waals surface area contributed by atoms with Crippen LogP contribution in [0.1, 0.15) is 36.8 Å². The summed E-state index contributed by atoms with van der Waals surface area (Å²) in [5, 5.41) is 6.49. The number of carbonyl (C=O) groups is 4. The molecule has 1 N–H and O–H groups in total. The molecule has 3 aromatic rings. The number of nitrogens with one attached hydrogen (secondary N) is 1. The van der Waals surface area contributed by atoms with Crippen LogP contribution in [0.3, 0.4) is 0 Å². The zero-order valence-corrected chi connectivity index (χ0v) is 16.8. The fraction of sp³-hybridized carbons (Fsp3) is 0.0952.